The standard InChI is InChI=1S/C14H20N2O3/c1-9(12-7-4-8-19-12)16-13-10(14(17)18-2)5-3-6-11(13)15/h3,5-6,9,12,16H,4,7-8,15H2,1-2H3. The van der Waals surface area contributed by atoms with Crippen LogP contribution < -0.4 is 11.1 Å². The quantitative estimate of drug-likeness (QED) is 0.643. The largest absolute Gasteiger partial charge is 0.465 e. The number of benzene rings is 1. The lowest BCUT2D eigenvalue weighted by atomic mass is 10.1. The predicted octanol–water partition coefficient (Wildman–Crippen LogP) is 2.03. The van der Waals surface area contributed by atoms with Gasteiger partial charge in [-0.3, -0.25) is 0 Å². The van der Waals surface area contributed by atoms with Crippen LogP contribution >= 0.6 is 0 Å². The molecule has 2 atom stereocenters. The number of methoxy groups -OCH3 is 1. The maximum absolute atomic E-state index is 11.7. The van der Waals surface area contributed by atoms with Gasteiger partial charge in [0, 0.05) is 12.6 Å². The maximum Gasteiger partial charge on any atom is 0.340 e. The molecular weight excluding hydrogens is 244 g/mol. The van der Waals surface area contributed by atoms with Crippen molar-refractivity contribution >= 4 is 17.3 Å². The number of carbonyl (C=O) groups excluding carboxylic acids is 1. The van der Waals surface area contributed by atoms with E-state index in [-0.39, 0.29) is 12.1 Å². The minimum atomic E-state index is -0.394. The van der Waals surface area contributed by atoms with Gasteiger partial charge in [0.2, 0.25) is 0 Å². The molecule has 1 aliphatic rings. The molecule has 3 N–H and O–H groups in total. The summed E-state index contributed by atoms with van der Waals surface area (Å²) in [7, 11) is 1.36. The topological polar surface area (TPSA) is 73.6 Å². The van der Waals surface area contributed by atoms with Gasteiger partial charge >= 0.3 is 5.97 Å². The van der Waals surface area contributed by atoms with E-state index >= 15 is 0 Å². The molecule has 104 valence electrons. The predicted molar refractivity (Wildman–Crippen MR) is 74.3 cm³/mol. The lowest BCUT2D eigenvalue weighted by molar-refractivity contribution is 0.0601. The molecule has 1 aliphatic heterocycles. The van der Waals surface area contributed by atoms with E-state index in [1.165, 1.54) is 7.11 Å². The zero-order chi connectivity index (χ0) is 13.8. The minimum Gasteiger partial charge on any atom is -0.465 e. The van der Waals surface area contributed by atoms with Crippen LogP contribution in [0.25, 0.3) is 0 Å². The number of nitrogen functional groups attached to an aromatic ring is 1. The van der Waals surface area contributed by atoms with Crippen LogP contribution in [0, 0.1) is 0 Å². The van der Waals surface area contributed by atoms with Crippen molar-refractivity contribution in [2.75, 3.05) is 24.8 Å². The molecule has 5 heteroatoms. The smallest absolute Gasteiger partial charge is 0.340 e. The molecule has 0 bridgehead atoms. The summed E-state index contributed by atoms with van der Waals surface area (Å²) in [5.74, 6) is -0.394. The summed E-state index contributed by atoms with van der Waals surface area (Å²) >= 11 is 0. The van der Waals surface area contributed by atoms with Gasteiger partial charge in [0.05, 0.1) is 30.2 Å². The van der Waals surface area contributed by atoms with Crippen LogP contribution in [0.15, 0.2) is 18.2 Å². The number of esters is 1. The fourth-order valence-corrected chi connectivity index (χ4v) is 2.33. The van der Waals surface area contributed by atoms with Crippen molar-refractivity contribution in [3.05, 3.63) is 23.8 Å². The average Bonchev–Trinajstić information content (AvgIpc) is 2.94. The first kappa shape index (κ1) is 13.7. The number of nitrogens with one attached hydrogen (secondary N) is 1. The van der Waals surface area contributed by atoms with Gasteiger partial charge in [0.1, 0.15) is 0 Å². The lowest BCUT2D eigenvalue weighted by Gasteiger charge is -2.23. The number of nitrogens with two attached hydrogens (primary N) is 1. The summed E-state index contributed by atoms with van der Waals surface area (Å²) < 4.78 is 10.4. The van der Waals surface area contributed by atoms with Crippen LogP contribution in [0.4, 0.5) is 11.4 Å². The van der Waals surface area contributed by atoms with Crippen LogP contribution in [0.2, 0.25) is 0 Å². The number of para-hydroxylation sites is 1. The van der Waals surface area contributed by atoms with Gasteiger partial charge in [0.25, 0.3) is 0 Å². The summed E-state index contributed by atoms with van der Waals surface area (Å²) in [5.41, 5.74) is 7.56. The second-order valence-corrected chi connectivity index (χ2v) is 4.75. The first-order chi connectivity index (χ1) is 9.13. The molecule has 0 spiro atoms. The highest BCUT2D eigenvalue weighted by atomic mass is 16.5. The lowest BCUT2D eigenvalue weighted by Crippen LogP contribution is -2.31. The fraction of sp³-hybridized carbons (Fsp3) is 0.500. The van der Waals surface area contributed by atoms with E-state index in [4.69, 9.17) is 15.2 Å². The number of anilines is 2. The van der Waals surface area contributed by atoms with E-state index in [0.29, 0.717) is 16.9 Å². The van der Waals surface area contributed by atoms with Gasteiger partial charge in [-0.05, 0) is 31.9 Å². The summed E-state index contributed by atoms with van der Waals surface area (Å²) in [6.45, 7) is 2.83. The molecule has 1 fully saturated rings. The highest BCUT2D eigenvalue weighted by Crippen LogP contribution is 2.27. The second-order valence-electron chi connectivity index (χ2n) is 4.75. The average molecular weight is 264 g/mol. The van der Waals surface area contributed by atoms with E-state index in [1.54, 1.807) is 18.2 Å². The van der Waals surface area contributed by atoms with Gasteiger partial charge in [0.15, 0.2) is 0 Å². The molecular formula is C14H20N2O3. The molecule has 1 aromatic carbocycles. The zero-order valence-electron chi connectivity index (χ0n) is 11.3. The molecule has 0 saturated carbocycles. The molecule has 2 unspecified atom stereocenters. The number of ether oxygens (including phenoxy) is 2. The first-order valence-electron chi connectivity index (χ1n) is 6.48. The normalized spacial score (nSPS) is 20.0. The Hall–Kier alpha value is -1.75. The molecule has 0 radical (unpaired) electrons. The first-order valence-corrected chi connectivity index (χ1v) is 6.48. The van der Waals surface area contributed by atoms with Crippen LogP contribution in [0.3, 0.4) is 0 Å². The Labute approximate surface area is 113 Å². The van der Waals surface area contributed by atoms with Crippen molar-refractivity contribution in [2.45, 2.75) is 31.9 Å². The van der Waals surface area contributed by atoms with Crippen LogP contribution in [0.1, 0.15) is 30.1 Å². The van der Waals surface area contributed by atoms with E-state index in [2.05, 4.69) is 5.32 Å². The van der Waals surface area contributed by atoms with Gasteiger partial charge < -0.3 is 20.5 Å². The van der Waals surface area contributed by atoms with E-state index in [9.17, 15) is 4.79 Å². The molecule has 0 amide bonds. The van der Waals surface area contributed by atoms with Crippen molar-refractivity contribution in [3.63, 3.8) is 0 Å². The van der Waals surface area contributed by atoms with E-state index in [0.717, 1.165) is 19.4 Å². The summed E-state index contributed by atoms with van der Waals surface area (Å²) in [4.78, 5) is 11.7. The van der Waals surface area contributed by atoms with Gasteiger partial charge in [-0.2, -0.15) is 0 Å². The van der Waals surface area contributed by atoms with Crippen molar-refractivity contribution < 1.29 is 14.3 Å². The number of carbonyl (C=O) groups is 1. The van der Waals surface area contributed by atoms with E-state index < -0.39 is 5.97 Å². The van der Waals surface area contributed by atoms with Crippen molar-refractivity contribution in [1.82, 2.24) is 0 Å². The number of rotatable bonds is 4. The van der Waals surface area contributed by atoms with Crippen molar-refractivity contribution in [3.8, 4) is 0 Å². The third kappa shape index (κ3) is 2.98. The number of hydrogen-bond donors (Lipinski definition) is 2. The Morgan fingerprint density at radius 3 is 3.00 bits per heavy atom. The van der Waals surface area contributed by atoms with E-state index in [1.807, 2.05) is 6.92 Å². The Morgan fingerprint density at radius 2 is 2.37 bits per heavy atom. The highest BCUT2D eigenvalue weighted by Gasteiger charge is 2.24. The Kier molecular flexibility index (Phi) is 4.27. The fourth-order valence-electron chi connectivity index (χ4n) is 2.33. The number of hydrogen-bond acceptors (Lipinski definition) is 5. The summed E-state index contributed by atoms with van der Waals surface area (Å²) in [6, 6.07) is 5.29. The highest BCUT2D eigenvalue weighted by molar-refractivity contribution is 5.98. The third-order valence-electron chi connectivity index (χ3n) is 3.40. The van der Waals surface area contributed by atoms with Crippen molar-refractivity contribution in [1.29, 1.82) is 0 Å². The molecule has 19 heavy (non-hydrogen) atoms. The monoisotopic (exact) mass is 264 g/mol. The Morgan fingerprint density at radius 1 is 1.58 bits per heavy atom. The van der Waals surface area contributed by atoms with Gasteiger partial charge in [-0.1, -0.05) is 6.07 Å². The van der Waals surface area contributed by atoms with Gasteiger partial charge in [-0.25, -0.2) is 4.79 Å². The Bertz CT molecular complexity index is 456. The third-order valence-corrected chi connectivity index (χ3v) is 3.40. The van der Waals surface area contributed by atoms with Crippen molar-refractivity contribution in [2.24, 2.45) is 0 Å². The zero-order valence-corrected chi connectivity index (χ0v) is 11.3. The molecule has 1 aromatic rings. The second kappa shape index (κ2) is 5.93. The van der Waals surface area contributed by atoms with Crippen LogP contribution in [-0.4, -0.2) is 31.8 Å². The van der Waals surface area contributed by atoms with Gasteiger partial charge in [-0.15, -0.1) is 0 Å². The maximum atomic E-state index is 11.7. The Balaban J connectivity index is 2.20. The van der Waals surface area contributed by atoms with Crippen LogP contribution in [-0.2, 0) is 9.47 Å². The molecule has 0 aliphatic carbocycles. The minimum absolute atomic E-state index is 0.0932. The molecule has 5 nitrogen and oxygen atoms in total. The molecule has 0 aromatic heterocycles. The van der Waals surface area contributed by atoms with Crippen LogP contribution in [0.5, 0.6) is 0 Å². The molecule has 1 heterocycles. The summed E-state index contributed by atoms with van der Waals surface area (Å²) in [6.07, 6.45) is 2.25. The molecule has 2 rings (SSSR count). The molecule has 1 saturated heterocycles. The summed E-state index contributed by atoms with van der Waals surface area (Å²) in [5, 5.41) is 3.29. The SMILES string of the molecule is COC(=O)c1cccc(N)c1NC(C)C1CCCO1.